The van der Waals surface area contributed by atoms with Crippen LogP contribution in [0.25, 0.3) is 110 Å². The molecule has 1 aromatic heterocycles. The van der Waals surface area contributed by atoms with Gasteiger partial charge in [0.05, 0.1) is 0 Å². The zero-order chi connectivity index (χ0) is 34.9. The van der Waals surface area contributed by atoms with Crippen LogP contribution in [0, 0.1) is 0 Å². The molecule has 11 rings (SSSR count). The molecule has 0 atom stereocenters. The Labute approximate surface area is 307 Å². The molecule has 0 fully saturated rings. The summed E-state index contributed by atoms with van der Waals surface area (Å²) >= 11 is 0. The highest BCUT2D eigenvalue weighted by atomic mass is 16.3. The van der Waals surface area contributed by atoms with Gasteiger partial charge in [-0.1, -0.05) is 164 Å². The van der Waals surface area contributed by atoms with Crippen molar-refractivity contribution in [1.29, 1.82) is 0 Å². The average molecular weight is 673 g/mol. The Hall–Kier alpha value is -6.96. The second-order valence-electron chi connectivity index (χ2n) is 14.0. The summed E-state index contributed by atoms with van der Waals surface area (Å²) in [5, 5.41) is 12.4. The molecule has 0 bridgehead atoms. The summed E-state index contributed by atoms with van der Waals surface area (Å²) in [6.45, 7) is 0. The molecule has 0 amide bonds. The summed E-state index contributed by atoms with van der Waals surface area (Å²) in [4.78, 5) is 0. The molecule has 1 heterocycles. The fraction of sp³-hybridized carbons (Fsp3) is 0. The van der Waals surface area contributed by atoms with Gasteiger partial charge < -0.3 is 4.42 Å². The Morgan fingerprint density at radius 2 is 0.755 bits per heavy atom. The SMILES string of the molecule is c1cc(-c2c3ccccc3c(-c3ccc(-c4ccc5oc6ccccc6c5c4)cc3)c3ccccc23)cc(-c2cc3ccccc3c3ccccc23)c1. The van der Waals surface area contributed by atoms with Gasteiger partial charge in [0.1, 0.15) is 11.2 Å². The van der Waals surface area contributed by atoms with E-state index in [1.54, 1.807) is 0 Å². The molecule has 0 N–H and O–H groups in total. The minimum Gasteiger partial charge on any atom is -0.456 e. The van der Waals surface area contributed by atoms with Gasteiger partial charge >= 0.3 is 0 Å². The van der Waals surface area contributed by atoms with Crippen LogP contribution in [0.2, 0.25) is 0 Å². The molecular weight excluding hydrogens is 641 g/mol. The molecule has 0 saturated carbocycles. The van der Waals surface area contributed by atoms with E-state index in [0.29, 0.717) is 0 Å². The zero-order valence-electron chi connectivity index (χ0n) is 28.9. The molecule has 1 nitrogen and oxygen atoms in total. The fourth-order valence-electron chi connectivity index (χ4n) is 8.62. The van der Waals surface area contributed by atoms with Crippen LogP contribution in [-0.2, 0) is 0 Å². The molecule has 0 saturated heterocycles. The molecule has 0 spiro atoms. The number of benzene rings is 10. The summed E-state index contributed by atoms with van der Waals surface area (Å²) < 4.78 is 6.10. The van der Waals surface area contributed by atoms with E-state index in [1.165, 1.54) is 87.6 Å². The summed E-state index contributed by atoms with van der Waals surface area (Å²) in [6, 6.07) is 70.7. The largest absolute Gasteiger partial charge is 0.456 e. The minimum absolute atomic E-state index is 0.917. The molecule has 0 aliphatic heterocycles. The standard InChI is InChI=1S/C52H32O/c1-2-15-39-37(12-1)32-47(41-17-4-3-16-40(39)41)36-13-11-14-38(30-36)52-45-21-7-5-19-43(45)51(44-20-6-8-22-46(44)52)34-26-24-33(25-27-34)35-28-29-50-48(31-35)42-18-9-10-23-49(42)53-50/h1-32H. The van der Waals surface area contributed by atoms with E-state index >= 15 is 0 Å². The first-order valence-corrected chi connectivity index (χ1v) is 18.3. The number of furan rings is 1. The first-order valence-electron chi connectivity index (χ1n) is 18.3. The number of rotatable bonds is 4. The lowest BCUT2D eigenvalue weighted by Crippen LogP contribution is -1.91. The second kappa shape index (κ2) is 11.8. The van der Waals surface area contributed by atoms with E-state index in [1.807, 2.05) is 12.1 Å². The van der Waals surface area contributed by atoms with Crippen molar-refractivity contribution in [3.63, 3.8) is 0 Å². The van der Waals surface area contributed by atoms with Crippen LogP contribution in [0.3, 0.4) is 0 Å². The van der Waals surface area contributed by atoms with Gasteiger partial charge in [-0.25, -0.2) is 0 Å². The minimum atomic E-state index is 0.917. The van der Waals surface area contributed by atoms with Crippen molar-refractivity contribution in [2.45, 2.75) is 0 Å². The lowest BCUT2D eigenvalue weighted by molar-refractivity contribution is 0.669. The first kappa shape index (κ1) is 29.7. The zero-order valence-corrected chi connectivity index (χ0v) is 28.9. The van der Waals surface area contributed by atoms with Crippen molar-refractivity contribution < 1.29 is 4.42 Å². The molecule has 0 radical (unpaired) electrons. The van der Waals surface area contributed by atoms with Gasteiger partial charge in [0, 0.05) is 10.8 Å². The molecular formula is C52H32O. The predicted octanol–water partition coefficient (Wildman–Crippen LogP) is 14.9. The molecule has 11 aromatic rings. The maximum Gasteiger partial charge on any atom is 0.135 e. The Balaban J connectivity index is 1.07. The van der Waals surface area contributed by atoms with Crippen LogP contribution >= 0.6 is 0 Å². The van der Waals surface area contributed by atoms with E-state index < -0.39 is 0 Å². The predicted molar refractivity (Wildman–Crippen MR) is 225 cm³/mol. The van der Waals surface area contributed by atoms with Crippen LogP contribution < -0.4 is 0 Å². The summed E-state index contributed by atoms with van der Waals surface area (Å²) in [7, 11) is 0. The van der Waals surface area contributed by atoms with Crippen LogP contribution in [-0.4, -0.2) is 0 Å². The van der Waals surface area contributed by atoms with Crippen LogP contribution in [0.1, 0.15) is 0 Å². The van der Waals surface area contributed by atoms with Gasteiger partial charge in [0.15, 0.2) is 0 Å². The third kappa shape index (κ3) is 4.71. The summed E-state index contributed by atoms with van der Waals surface area (Å²) in [5.41, 5.74) is 11.6. The second-order valence-corrected chi connectivity index (χ2v) is 14.0. The van der Waals surface area contributed by atoms with Crippen molar-refractivity contribution in [3.8, 4) is 44.5 Å². The number of fused-ring (bicyclic) bond motifs is 8. The molecule has 10 aromatic carbocycles. The third-order valence-electron chi connectivity index (χ3n) is 11.0. The Bertz CT molecular complexity index is 3160. The molecule has 0 aliphatic rings. The van der Waals surface area contributed by atoms with Crippen LogP contribution in [0.5, 0.6) is 0 Å². The van der Waals surface area contributed by atoms with Gasteiger partial charge in [0.2, 0.25) is 0 Å². The number of para-hydroxylation sites is 1. The quantitative estimate of drug-likeness (QED) is 0.134. The maximum atomic E-state index is 6.10. The number of hydrogen-bond donors (Lipinski definition) is 0. The molecule has 1 heteroatoms. The van der Waals surface area contributed by atoms with Gasteiger partial charge in [0.25, 0.3) is 0 Å². The molecule has 246 valence electrons. The van der Waals surface area contributed by atoms with Crippen molar-refractivity contribution in [2.24, 2.45) is 0 Å². The third-order valence-corrected chi connectivity index (χ3v) is 11.0. The van der Waals surface area contributed by atoms with Crippen molar-refractivity contribution in [1.82, 2.24) is 0 Å². The van der Waals surface area contributed by atoms with Crippen molar-refractivity contribution in [2.75, 3.05) is 0 Å². The summed E-state index contributed by atoms with van der Waals surface area (Å²) in [5.74, 6) is 0. The first-order chi connectivity index (χ1) is 26.3. The Morgan fingerprint density at radius 3 is 1.47 bits per heavy atom. The van der Waals surface area contributed by atoms with E-state index in [4.69, 9.17) is 4.42 Å². The Kier molecular flexibility index (Phi) is 6.62. The van der Waals surface area contributed by atoms with Crippen LogP contribution in [0.4, 0.5) is 0 Å². The van der Waals surface area contributed by atoms with E-state index in [-0.39, 0.29) is 0 Å². The van der Waals surface area contributed by atoms with Gasteiger partial charge in [-0.15, -0.1) is 0 Å². The van der Waals surface area contributed by atoms with Crippen LogP contribution in [0.15, 0.2) is 199 Å². The lowest BCUT2D eigenvalue weighted by atomic mass is 9.85. The Morgan fingerprint density at radius 1 is 0.245 bits per heavy atom. The maximum absolute atomic E-state index is 6.10. The number of hydrogen-bond acceptors (Lipinski definition) is 1. The normalized spacial score (nSPS) is 11.8. The smallest absolute Gasteiger partial charge is 0.135 e. The highest BCUT2D eigenvalue weighted by Crippen LogP contribution is 2.45. The highest BCUT2D eigenvalue weighted by Gasteiger charge is 2.18. The van der Waals surface area contributed by atoms with Gasteiger partial charge in [-0.05, 0) is 118 Å². The lowest BCUT2D eigenvalue weighted by Gasteiger charge is -2.19. The molecule has 0 unspecified atom stereocenters. The monoisotopic (exact) mass is 672 g/mol. The van der Waals surface area contributed by atoms with Crippen molar-refractivity contribution in [3.05, 3.63) is 194 Å². The van der Waals surface area contributed by atoms with E-state index in [0.717, 1.165) is 21.9 Å². The topological polar surface area (TPSA) is 13.1 Å². The fourth-order valence-corrected chi connectivity index (χ4v) is 8.62. The molecule has 0 aliphatic carbocycles. The van der Waals surface area contributed by atoms with E-state index in [2.05, 4.69) is 182 Å². The summed E-state index contributed by atoms with van der Waals surface area (Å²) in [6.07, 6.45) is 0. The van der Waals surface area contributed by atoms with E-state index in [9.17, 15) is 0 Å². The highest BCUT2D eigenvalue weighted by molar-refractivity contribution is 6.22. The molecule has 53 heavy (non-hydrogen) atoms. The average Bonchev–Trinajstić information content (AvgIpc) is 3.61. The van der Waals surface area contributed by atoms with Gasteiger partial charge in [-0.2, -0.15) is 0 Å². The van der Waals surface area contributed by atoms with Gasteiger partial charge in [-0.3, -0.25) is 0 Å². The van der Waals surface area contributed by atoms with Crippen molar-refractivity contribution >= 4 is 65.0 Å².